The van der Waals surface area contributed by atoms with Crippen LogP contribution >= 0.6 is 0 Å². The van der Waals surface area contributed by atoms with Crippen molar-refractivity contribution in [3.8, 4) is 0 Å². The van der Waals surface area contributed by atoms with Crippen LogP contribution in [0.2, 0.25) is 0 Å². The van der Waals surface area contributed by atoms with Gasteiger partial charge in [-0.3, -0.25) is 9.69 Å². The molecule has 160 valence electrons. The van der Waals surface area contributed by atoms with Crippen molar-refractivity contribution in [2.24, 2.45) is 11.3 Å². The van der Waals surface area contributed by atoms with Crippen molar-refractivity contribution in [1.82, 2.24) is 20.2 Å². The fourth-order valence-electron chi connectivity index (χ4n) is 5.98. The molecule has 5 heteroatoms. The molecule has 3 fully saturated rings. The molecule has 5 nitrogen and oxygen atoms in total. The first-order chi connectivity index (χ1) is 14.6. The lowest BCUT2D eigenvalue weighted by Crippen LogP contribution is -2.41. The minimum absolute atomic E-state index is 0.143. The second-order valence-corrected chi connectivity index (χ2v) is 9.94. The Bertz CT molecular complexity index is 876. The van der Waals surface area contributed by atoms with Gasteiger partial charge >= 0.3 is 0 Å². The quantitative estimate of drug-likeness (QED) is 0.764. The Morgan fingerprint density at radius 3 is 2.57 bits per heavy atom. The van der Waals surface area contributed by atoms with Crippen LogP contribution in [0.15, 0.2) is 36.7 Å². The Labute approximate surface area is 179 Å². The van der Waals surface area contributed by atoms with Crippen LogP contribution in [0.5, 0.6) is 0 Å². The predicted molar refractivity (Wildman–Crippen MR) is 118 cm³/mol. The van der Waals surface area contributed by atoms with E-state index >= 15 is 0 Å². The molecular weight excluding hydrogens is 372 g/mol. The number of rotatable bonds is 6. The van der Waals surface area contributed by atoms with Crippen molar-refractivity contribution in [3.05, 3.63) is 53.6 Å². The molecule has 0 radical (unpaired) electrons. The Balaban J connectivity index is 1.15. The van der Waals surface area contributed by atoms with E-state index in [2.05, 4.69) is 57.4 Å². The molecule has 1 amide bonds. The molecule has 2 heterocycles. The van der Waals surface area contributed by atoms with Crippen LogP contribution in [0.3, 0.4) is 0 Å². The van der Waals surface area contributed by atoms with E-state index in [1.807, 2.05) is 0 Å². The van der Waals surface area contributed by atoms with E-state index in [1.165, 1.54) is 36.9 Å². The number of amides is 1. The van der Waals surface area contributed by atoms with Gasteiger partial charge in [0.2, 0.25) is 5.91 Å². The third kappa shape index (κ3) is 3.68. The number of aromatic amines is 1. The van der Waals surface area contributed by atoms with E-state index in [-0.39, 0.29) is 16.7 Å². The lowest BCUT2D eigenvalue weighted by Gasteiger charge is -2.33. The molecule has 1 unspecified atom stereocenters. The summed E-state index contributed by atoms with van der Waals surface area (Å²) in [5.41, 5.74) is 4.12. The van der Waals surface area contributed by atoms with Gasteiger partial charge in [0.05, 0.1) is 12.0 Å². The summed E-state index contributed by atoms with van der Waals surface area (Å²) >= 11 is 0. The maximum absolute atomic E-state index is 13.1. The second-order valence-electron chi connectivity index (χ2n) is 9.94. The van der Waals surface area contributed by atoms with E-state index in [0.717, 1.165) is 51.1 Å². The lowest BCUT2D eigenvalue weighted by atomic mass is 9.78. The molecule has 1 aromatic carbocycles. The van der Waals surface area contributed by atoms with Crippen molar-refractivity contribution in [2.75, 3.05) is 19.6 Å². The number of likely N-dealkylation sites (tertiary alicyclic amines) is 1. The van der Waals surface area contributed by atoms with Crippen LogP contribution in [0, 0.1) is 18.3 Å². The maximum Gasteiger partial charge on any atom is 0.223 e. The van der Waals surface area contributed by atoms with Crippen molar-refractivity contribution in [1.29, 1.82) is 0 Å². The highest BCUT2D eigenvalue weighted by Gasteiger charge is 2.58. The largest absolute Gasteiger partial charge is 0.355 e. The van der Waals surface area contributed by atoms with Crippen LogP contribution in [0.25, 0.3) is 0 Å². The summed E-state index contributed by atoms with van der Waals surface area (Å²) in [5, 5.41) is 3.39. The van der Waals surface area contributed by atoms with Gasteiger partial charge in [-0.2, -0.15) is 0 Å². The third-order valence-electron chi connectivity index (χ3n) is 8.21. The number of hydrogen-bond acceptors (Lipinski definition) is 3. The maximum atomic E-state index is 13.1. The third-order valence-corrected chi connectivity index (χ3v) is 8.21. The molecule has 2 saturated carbocycles. The number of carbonyl (C=O) groups excluding carboxylic acids is 1. The van der Waals surface area contributed by atoms with E-state index < -0.39 is 0 Å². The normalized spacial score (nSPS) is 24.8. The number of benzene rings is 1. The number of imidazole rings is 1. The number of nitrogens with one attached hydrogen (secondary N) is 2. The first-order valence-electron chi connectivity index (χ1n) is 11.6. The molecule has 5 rings (SSSR count). The van der Waals surface area contributed by atoms with E-state index in [0.29, 0.717) is 5.91 Å². The van der Waals surface area contributed by atoms with Gasteiger partial charge in [0.1, 0.15) is 0 Å². The van der Waals surface area contributed by atoms with Crippen LogP contribution in [-0.2, 0) is 16.8 Å². The molecule has 2 N–H and O–H groups in total. The molecule has 1 atom stereocenters. The van der Waals surface area contributed by atoms with Gasteiger partial charge in [0.25, 0.3) is 0 Å². The smallest absolute Gasteiger partial charge is 0.223 e. The molecule has 2 aliphatic carbocycles. The number of hydrogen-bond donors (Lipinski definition) is 2. The summed E-state index contributed by atoms with van der Waals surface area (Å²) in [6.07, 6.45) is 10.0. The first-order valence-corrected chi connectivity index (χ1v) is 11.6. The molecular formula is C25H34N4O. The van der Waals surface area contributed by atoms with Crippen molar-refractivity contribution in [2.45, 2.75) is 63.8 Å². The summed E-state index contributed by atoms with van der Waals surface area (Å²) in [7, 11) is 0. The van der Waals surface area contributed by atoms with Gasteiger partial charge in [0, 0.05) is 30.1 Å². The highest BCUT2D eigenvalue weighted by atomic mass is 16.2. The monoisotopic (exact) mass is 406 g/mol. The average Bonchev–Trinajstić information content (AvgIpc) is 3.08. The molecule has 30 heavy (non-hydrogen) atoms. The highest BCUT2D eigenvalue weighted by molar-refractivity contribution is 5.82. The SMILES string of the molecule is Cc1[nH]cnc1CN1CCC2(CC1)CC2C(=O)NCC1(c2ccccc2)CCCC1. The standard InChI is InChI=1S/C25H34N4O/c1-19-22(28-18-27-19)16-29-13-11-24(12-14-29)15-21(24)23(30)26-17-25(9-5-6-10-25)20-7-3-2-4-8-20/h2-4,7-8,18,21H,5-6,9-17H2,1H3,(H,26,30)(H,27,28). The molecule has 1 spiro atoms. The van der Waals surface area contributed by atoms with Gasteiger partial charge in [-0.25, -0.2) is 4.98 Å². The van der Waals surface area contributed by atoms with Gasteiger partial charge in [0.15, 0.2) is 0 Å². The predicted octanol–water partition coefficient (Wildman–Crippen LogP) is 3.95. The summed E-state index contributed by atoms with van der Waals surface area (Å²) in [6.45, 7) is 5.95. The van der Waals surface area contributed by atoms with Gasteiger partial charge in [-0.1, -0.05) is 43.2 Å². The molecule has 1 saturated heterocycles. The van der Waals surface area contributed by atoms with Crippen molar-refractivity contribution >= 4 is 5.91 Å². The molecule has 3 aliphatic rings. The number of nitrogens with zero attached hydrogens (tertiary/aromatic N) is 2. The number of aromatic nitrogens is 2. The molecule has 0 bridgehead atoms. The average molecular weight is 407 g/mol. The Hall–Kier alpha value is -2.14. The fraction of sp³-hybridized carbons (Fsp3) is 0.600. The first kappa shape index (κ1) is 19.8. The number of H-pyrrole nitrogens is 1. The van der Waals surface area contributed by atoms with Crippen molar-refractivity contribution in [3.63, 3.8) is 0 Å². The van der Waals surface area contributed by atoms with E-state index in [4.69, 9.17) is 0 Å². The number of piperidine rings is 1. The highest BCUT2D eigenvalue weighted by Crippen LogP contribution is 2.59. The topological polar surface area (TPSA) is 61.0 Å². The minimum Gasteiger partial charge on any atom is -0.355 e. The fourth-order valence-corrected chi connectivity index (χ4v) is 5.98. The van der Waals surface area contributed by atoms with E-state index in [1.54, 1.807) is 6.33 Å². The van der Waals surface area contributed by atoms with Crippen LogP contribution < -0.4 is 5.32 Å². The van der Waals surface area contributed by atoms with Crippen LogP contribution in [0.4, 0.5) is 0 Å². The van der Waals surface area contributed by atoms with Crippen LogP contribution in [-0.4, -0.2) is 40.4 Å². The van der Waals surface area contributed by atoms with E-state index in [9.17, 15) is 4.79 Å². The molecule has 1 aromatic heterocycles. The van der Waals surface area contributed by atoms with Crippen LogP contribution in [0.1, 0.15) is 61.9 Å². The zero-order valence-corrected chi connectivity index (χ0v) is 18.1. The van der Waals surface area contributed by atoms with Gasteiger partial charge in [-0.05, 0) is 63.1 Å². The summed E-state index contributed by atoms with van der Waals surface area (Å²) in [6, 6.07) is 10.8. The molecule has 2 aromatic rings. The Morgan fingerprint density at radius 1 is 1.17 bits per heavy atom. The zero-order chi connectivity index (χ0) is 20.6. The summed E-state index contributed by atoms with van der Waals surface area (Å²) in [4.78, 5) is 23.2. The lowest BCUT2D eigenvalue weighted by molar-refractivity contribution is -0.123. The Kier molecular flexibility index (Phi) is 5.18. The number of aryl methyl sites for hydroxylation is 1. The number of carbonyl (C=O) groups is 1. The minimum atomic E-state index is 0.143. The summed E-state index contributed by atoms with van der Waals surface area (Å²) < 4.78 is 0. The Morgan fingerprint density at radius 2 is 1.90 bits per heavy atom. The second kappa shape index (κ2) is 7.84. The molecule has 1 aliphatic heterocycles. The van der Waals surface area contributed by atoms with Gasteiger partial charge < -0.3 is 10.3 Å². The zero-order valence-electron chi connectivity index (χ0n) is 18.1. The van der Waals surface area contributed by atoms with Gasteiger partial charge in [-0.15, -0.1) is 0 Å². The van der Waals surface area contributed by atoms with Crippen molar-refractivity contribution < 1.29 is 4.79 Å². The summed E-state index contributed by atoms with van der Waals surface area (Å²) in [5.74, 6) is 0.523.